The average molecular weight is 372 g/mol. The maximum absolute atomic E-state index is 12.3. The largest absolute Gasteiger partial charge is 0.348 e. The topological polar surface area (TPSA) is 84.0 Å². The molecule has 0 fully saturated rings. The van der Waals surface area contributed by atoms with Crippen LogP contribution in [0.15, 0.2) is 47.3 Å². The van der Waals surface area contributed by atoms with Gasteiger partial charge in [0.05, 0.1) is 18.2 Å². The van der Waals surface area contributed by atoms with Gasteiger partial charge in [0, 0.05) is 23.4 Å². The van der Waals surface area contributed by atoms with Crippen LogP contribution in [0.1, 0.15) is 24.3 Å². The fraction of sp³-hybridized carbons (Fsp3) is 0.176. The zero-order chi connectivity index (χ0) is 17.6. The summed E-state index contributed by atoms with van der Waals surface area (Å²) in [5.74, 6) is -0.369. The van der Waals surface area contributed by atoms with Gasteiger partial charge in [-0.3, -0.25) is 14.6 Å². The number of thiazole rings is 1. The minimum absolute atomic E-state index is 0.151. The molecule has 3 rings (SSSR count). The van der Waals surface area contributed by atoms with Gasteiger partial charge in [-0.1, -0.05) is 12.1 Å². The Kier molecular flexibility index (Phi) is 5.52. The molecule has 3 aromatic rings. The normalized spacial score (nSPS) is 11.7. The Morgan fingerprint density at radius 2 is 2.04 bits per heavy atom. The highest BCUT2D eigenvalue weighted by Gasteiger charge is 2.19. The maximum atomic E-state index is 12.3. The highest BCUT2D eigenvalue weighted by atomic mass is 32.1. The van der Waals surface area contributed by atoms with Crippen LogP contribution in [0.5, 0.6) is 0 Å². The van der Waals surface area contributed by atoms with E-state index in [1.807, 2.05) is 41.1 Å². The van der Waals surface area contributed by atoms with Gasteiger partial charge < -0.3 is 10.6 Å². The van der Waals surface area contributed by atoms with E-state index in [1.165, 1.54) is 29.6 Å². The van der Waals surface area contributed by atoms with Crippen molar-refractivity contribution >= 4 is 39.6 Å². The number of anilines is 1. The zero-order valence-electron chi connectivity index (χ0n) is 13.4. The van der Waals surface area contributed by atoms with Crippen LogP contribution >= 0.6 is 22.7 Å². The van der Waals surface area contributed by atoms with Crippen molar-refractivity contribution in [3.63, 3.8) is 0 Å². The van der Waals surface area contributed by atoms with Crippen molar-refractivity contribution in [2.45, 2.75) is 19.4 Å². The number of rotatable bonds is 6. The highest BCUT2D eigenvalue weighted by Crippen LogP contribution is 2.25. The molecule has 2 N–H and O–H groups in total. The highest BCUT2D eigenvalue weighted by molar-refractivity contribution is 7.14. The minimum atomic E-state index is -0.340. The van der Waals surface area contributed by atoms with Crippen molar-refractivity contribution in [3.05, 3.63) is 52.2 Å². The Hall–Kier alpha value is -2.58. The first-order chi connectivity index (χ1) is 12.1. The van der Waals surface area contributed by atoms with Crippen molar-refractivity contribution in [2.75, 3.05) is 5.32 Å². The number of aromatic nitrogens is 2. The summed E-state index contributed by atoms with van der Waals surface area (Å²) in [6, 6.07) is 9.05. The first-order valence-corrected chi connectivity index (χ1v) is 9.35. The molecule has 8 heteroatoms. The molecule has 0 saturated carbocycles. The van der Waals surface area contributed by atoms with Crippen LogP contribution in [0.4, 0.5) is 5.13 Å². The molecule has 0 radical (unpaired) electrons. The van der Waals surface area contributed by atoms with Crippen LogP contribution < -0.4 is 10.6 Å². The van der Waals surface area contributed by atoms with E-state index >= 15 is 0 Å². The van der Waals surface area contributed by atoms with Gasteiger partial charge in [0.25, 0.3) is 0 Å². The van der Waals surface area contributed by atoms with Crippen LogP contribution in [0.2, 0.25) is 0 Å². The second-order valence-corrected chi connectivity index (χ2v) is 7.11. The Morgan fingerprint density at radius 3 is 2.72 bits per heavy atom. The lowest BCUT2D eigenvalue weighted by molar-refractivity contribution is -0.120. The third-order valence-electron chi connectivity index (χ3n) is 3.33. The molecule has 0 aliphatic carbocycles. The summed E-state index contributed by atoms with van der Waals surface area (Å²) >= 11 is 2.85. The molecule has 128 valence electrons. The Morgan fingerprint density at radius 1 is 1.16 bits per heavy atom. The van der Waals surface area contributed by atoms with E-state index in [0.29, 0.717) is 5.13 Å². The zero-order valence-corrected chi connectivity index (χ0v) is 15.1. The van der Waals surface area contributed by atoms with E-state index < -0.39 is 0 Å². The summed E-state index contributed by atoms with van der Waals surface area (Å²) in [5, 5.41) is 9.89. The lowest BCUT2D eigenvalue weighted by Crippen LogP contribution is -2.29. The number of carbonyl (C=O) groups is 2. The van der Waals surface area contributed by atoms with Crippen LogP contribution in [-0.2, 0) is 9.59 Å². The number of carbonyl (C=O) groups excluding carboxylic acids is 2. The van der Waals surface area contributed by atoms with E-state index in [4.69, 9.17) is 0 Å². The van der Waals surface area contributed by atoms with Gasteiger partial charge in [0.1, 0.15) is 5.69 Å². The molecule has 0 bridgehead atoms. The minimum Gasteiger partial charge on any atom is -0.348 e. The smallest absolute Gasteiger partial charge is 0.228 e. The predicted molar refractivity (Wildman–Crippen MR) is 99.5 cm³/mol. The fourth-order valence-electron chi connectivity index (χ4n) is 2.28. The van der Waals surface area contributed by atoms with E-state index in [2.05, 4.69) is 20.6 Å². The van der Waals surface area contributed by atoms with Gasteiger partial charge in [-0.25, -0.2) is 4.98 Å². The standard InChI is InChI=1S/C17H16N4O2S2/c1-11(22)19-13(15-6-4-8-24-15)9-16(23)21-17-20-14(10-25-17)12-5-2-3-7-18-12/h2-8,10,13H,9H2,1H3,(H,19,22)(H,20,21,23). The van der Waals surface area contributed by atoms with Gasteiger partial charge >= 0.3 is 0 Å². The van der Waals surface area contributed by atoms with Crippen molar-refractivity contribution in [3.8, 4) is 11.4 Å². The van der Waals surface area contributed by atoms with E-state index in [1.54, 1.807) is 6.20 Å². The van der Waals surface area contributed by atoms with Crippen molar-refractivity contribution in [1.82, 2.24) is 15.3 Å². The molecule has 0 saturated heterocycles. The second-order valence-electron chi connectivity index (χ2n) is 5.27. The fourth-order valence-corrected chi connectivity index (χ4v) is 3.77. The molecule has 3 aromatic heterocycles. The van der Waals surface area contributed by atoms with Gasteiger partial charge in [0.15, 0.2) is 5.13 Å². The second kappa shape index (κ2) is 8.00. The summed E-state index contributed by atoms with van der Waals surface area (Å²) in [7, 11) is 0. The third kappa shape index (κ3) is 4.71. The summed E-state index contributed by atoms with van der Waals surface area (Å²) in [6.45, 7) is 1.44. The van der Waals surface area contributed by atoms with Crippen LogP contribution in [0.3, 0.4) is 0 Å². The molecular weight excluding hydrogens is 356 g/mol. The number of hydrogen-bond donors (Lipinski definition) is 2. The Labute approximate surface area is 153 Å². The van der Waals surface area contributed by atoms with Crippen LogP contribution in [-0.4, -0.2) is 21.8 Å². The number of nitrogens with zero attached hydrogens (tertiary/aromatic N) is 2. The van der Waals surface area contributed by atoms with Gasteiger partial charge in [0.2, 0.25) is 11.8 Å². The Bertz CT molecular complexity index is 847. The molecule has 6 nitrogen and oxygen atoms in total. The van der Waals surface area contributed by atoms with Crippen LogP contribution in [0.25, 0.3) is 11.4 Å². The molecule has 2 amide bonds. The molecule has 25 heavy (non-hydrogen) atoms. The van der Waals surface area contributed by atoms with Gasteiger partial charge in [-0.2, -0.15) is 0 Å². The summed E-state index contributed by atoms with van der Waals surface area (Å²) in [6.07, 6.45) is 1.85. The van der Waals surface area contributed by atoms with Crippen LogP contribution in [0, 0.1) is 0 Å². The summed E-state index contributed by atoms with van der Waals surface area (Å²) < 4.78 is 0. The van der Waals surface area contributed by atoms with Crippen molar-refractivity contribution in [2.24, 2.45) is 0 Å². The number of amides is 2. The number of hydrogen-bond acceptors (Lipinski definition) is 6. The van der Waals surface area contributed by atoms with Gasteiger partial charge in [-0.15, -0.1) is 22.7 Å². The van der Waals surface area contributed by atoms with E-state index in [9.17, 15) is 9.59 Å². The lowest BCUT2D eigenvalue weighted by Gasteiger charge is -2.15. The van der Waals surface area contributed by atoms with Gasteiger partial charge in [-0.05, 0) is 23.6 Å². The quantitative estimate of drug-likeness (QED) is 0.694. The molecule has 0 aliphatic heterocycles. The number of thiophene rings is 1. The molecule has 0 spiro atoms. The summed E-state index contributed by atoms with van der Waals surface area (Å²) in [5.41, 5.74) is 1.48. The summed E-state index contributed by atoms with van der Waals surface area (Å²) in [4.78, 5) is 33.3. The lowest BCUT2D eigenvalue weighted by atomic mass is 10.1. The number of nitrogens with one attached hydrogen (secondary N) is 2. The average Bonchev–Trinajstić information content (AvgIpc) is 3.26. The van der Waals surface area contributed by atoms with Crippen molar-refractivity contribution in [1.29, 1.82) is 0 Å². The maximum Gasteiger partial charge on any atom is 0.228 e. The molecule has 3 heterocycles. The third-order valence-corrected chi connectivity index (χ3v) is 5.08. The number of pyridine rings is 1. The SMILES string of the molecule is CC(=O)NC(CC(=O)Nc1nc(-c2ccccn2)cs1)c1cccs1. The Balaban J connectivity index is 1.65. The molecule has 0 aromatic carbocycles. The molecular formula is C17H16N4O2S2. The molecule has 1 atom stereocenters. The monoisotopic (exact) mass is 372 g/mol. The predicted octanol–water partition coefficient (Wildman–Crippen LogP) is 3.47. The van der Waals surface area contributed by atoms with E-state index in [0.717, 1.165) is 16.3 Å². The van der Waals surface area contributed by atoms with E-state index in [-0.39, 0.29) is 24.3 Å². The first-order valence-electron chi connectivity index (χ1n) is 7.59. The van der Waals surface area contributed by atoms with Crippen molar-refractivity contribution < 1.29 is 9.59 Å². The molecule has 0 aliphatic rings. The molecule has 1 unspecified atom stereocenters. The first kappa shape index (κ1) is 17.2.